The zero-order chi connectivity index (χ0) is 17.4. The fourth-order valence-corrected chi connectivity index (χ4v) is 3.65. The first-order valence-electron chi connectivity index (χ1n) is 7.53. The summed E-state index contributed by atoms with van der Waals surface area (Å²) in [6.45, 7) is 2.11. The average Bonchev–Trinajstić information content (AvgIpc) is 2.88. The van der Waals surface area contributed by atoms with Crippen LogP contribution in [0.1, 0.15) is 52.3 Å². The zero-order valence-electron chi connectivity index (χ0n) is 13.3. The average molecular weight is 360 g/mol. The topological polar surface area (TPSA) is 58.7 Å². The van der Waals surface area contributed by atoms with Gasteiger partial charge in [0.25, 0.3) is 0 Å². The fraction of sp³-hybridized carbons (Fsp3) is 0.278. The molecule has 2 heterocycles. The molecular weight excluding hydrogens is 345 g/mol. The number of nitriles is 1. The molecule has 0 aliphatic heterocycles. The normalized spacial score (nSPS) is 16.3. The van der Waals surface area contributed by atoms with E-state index in [0.717, 1.165) is 23.4 Å². The molecule has 1 atom stereocenters. The minimum Gasteiger partial charge on any atom is -0.348 e. The first-order valence-corrected chi connectivity index (χ1v) is 8.29. The lowest BCUT2D eigenvalue weighted by molar-refractivity contribution is 0.111. The van der Waals surface area contributed by atoms with Crippen molar-refractivity contribution in [3.63, 3.8) is 0 Å². The largest absolute Gasteiger partial charge is 0.348 e. The Morgan fingerprint density at radius 3 is 2.92 bits per heavy atom. The summed E-state index contributed by atoms with van der Waals surface area (Å²) in [5, 5.41) is 9.92. The maximum absolute atomic E-state index is 11.0. The maximum atomic E-state index is 11.0. The molecular formula is C18H15Cl2N3O. The van der Waals surface area contributed by atoms with E-state index < -0.39 is 0 Å². The fourth-order valence-electron chi connectivity index (χ4n) is 3.13. The summed E-state index contributed by atoms with van der Waals surface area (Å²) in [5.41, 5.74) is 4.93. The second kappa shape index (κ2) is 6.43. The quantitative estimate of drug-likeness (QED) is 0.755. The van der Waals surface area contributed by atoms with Gasteiger partial charge in [-0.1, -0.05) is 30.1 Å². The summed E-state index contributed by atoms with van der Waals surface area (Å²) in [4.78, 5) is 15.0. The molecule has 0 N–H and O–H groups in total. The van der Waals surface area contributed by atoms with Crippen LogP contribution in [0.25, 0.3) is 6.08 Å². The first-order chi connectivity index (χ1) is 11.5. The molecule has 0 aromatic carbocycles. The van der Waals surface area contributed by atoms with Crippen molar-refractivity contribution in [1.29, 1.82) is 5.26 Å². The predicted octanol–water partition coefficient (Wildman–Crippen LogP) is 4.54. The van der Waals surface area contributed by atoms with E-state index in [1.807, 2.05) is 13.1 Å². The summed E-state index contributed by atoms with van der Waals surface area (Å²) in [6.07, 6.45) is 5.26. The lowest BCUT2D eigenvalue weighted by Crippen LogP contribution is -2.06. The summed E-state index contributed by atoms with van der Waals surface area (Å²) in [5.74, 6) is 0.286. The molecule has 0 saturated heterocycles. The van der Waals surface area contributed by atoms with Crippen molar-refractivity contribution in [3.05, 3.63) is 56.1 Å². The van der Waals surface area contributed by atoms with Crippen LogP contribution in [0.2, 0.25) is 10.0 Å². The molecule has 0 radical (unpaired) electrons. The van der Waals surface area contributed by atoms with E-state index in [2.05, 4.69) is 28.6 Å². The molecule has 1 aliphatic carbocycles. The highest BCUT2D eigenvalue weighted by Crippen LogP contribution is 2.36. The van der Waals surface area contributed by atoms with E-state index in [4.69, 9.17) is 23.2 Å². The molecule has 1 unspecified atom stereocenters. The van der Waals surface area contributed by atoms with Crippen LogP contribution in [-0.4, -0.2) is 15.8 Å². The minimum atomic E-state index is 0.190. The molecule has 24 heavy (non-hydrogen) atoms. The van der Waals surface area contributed by atoms with Crippen molar-refractivity contribution in [1.82, 2.24) is 9.55 Å². The van der Waals surface area contributed by atoms with Crippen LogP contribution in [0.15, 0.2) is 17.8 Å². The van der Waals surface area contributed by atoms with E-state index in [9.17, 15) is 10.1 Å². The minimum absolute atomic E-state index is 0.190. The first kappa shape index (κ1) is 16.8. The highest BCUT2D eigenvalue weighted by molar-refractivity contribution is 6.37. The van der Waals surface area contributed by atoms with E-state index in [1.54, 1.807) is 0 Å². The van der Waals surface area contributed by atoms with Crippen LogP contribution in [0.4, 0.5) is 0 Å². The number of aromatic nitrogens is 2. The lowest BCUT2D eigenvalue weighted by atomic mass is 9.88. The number of halogens is 2. The van der Waals surface area contributed by atoms with Gasteiger partial charge in [-0.2, -0.15) is 5.26 Å². The molecule has 2 aromatic heterocycles. The van der Waals surface area contributed by atoms with Gasteiger partial charge in [0.15, 0.2) is 6.29 Å². The number of pyridine rings is 1. The van der Waals surface area contributed by atoms with Gasteiger partial charge in [-0.05, 0) is 35.6 Å². The van der Waals surface area contributed by atoms with Crippen molar-refractivity contribution in [2.75, 3.05) is 0 Å². The number of rotatable bonds is 3. The predicted molar refractivity (Wildman–Crippen MR) is 94.5 cm³/mol. The highest BCUT2D eigenvalue weighted by atomic mass is 35.5. The lowest BCUT2D eigenvalue weighted by Gasteiger charge is -2.17. The summed E-state index contributed by atoms with van der Waals surface area (Å²) >= 11 is 12.5. The standard InChI is InChI=1S/C18H15Cl2N3O/c1-10-3-11(7-21)4-17-13(10)5-12(23(17)2)6-14-15(19)8-22-16(9-24)18(14)20/h4-5,8-10H,3,6H2,1-2H3. The van der Waals surface area contributed by atoms with Gasteiger partial charge in [0.05, 0.1) is 16.1 Å². The van der Waals surface area contributed by atoms with Crippen LogP contribution in [0.3, 0.4) is 0 Å². The monoisotopic (exact) mass is 359 g/mol. The Kier molecular flexibility index (Phi) is 4.49. The Morgan fingerprint density at radius 2 is 2.25 bits per heavy atom. The Labute approximate surface area is 150 Å². The van der Waals surface area contributed by atoms with Gasteiger partial charge in [-0.3, -0.25) is 9.78 Å². The molecule has 6 heteroatoms. The van der Waals surface area contributed by atoms with Gasteiger partial charge >= 0.3 is 0 Å². The van der Waals surface area contributed by atoms with Gasteiger partial charge < -0.3 is 4.57 Å². The number of carbonyl (C=O) groups excluding carboxylic acids is 1. The Hall–Kier alpha value is -2.09. The Balaban J connectivity index is 2.07. The third-order valence-corrected chi connectivity index (χ3v) is 5.23. The van der Waals surface area contributed by atoms with Crippen molar-refractivity contribution in [2.45, 2.75) is 25.7 Å². The molecule has 0 amide bonds. The SMILES string of the molecule is CC1CC(C#N)=Cc2c1cc(Cc1c(Cl)cnc(C=O)c1Cl)n2C. The number of hydrogen-bond acceptors (Lipinski definition) is 3. The van der Waals surface area contributed by atoms with Crippen LogP contribution in [-0.2, 0) is 13.5 Å². The van der Waals surface area contributed by atoms with Crippen LogP contribution in [0.5, 0.6) is 0 Å². The van der Waals surface area contributed by atoms with E-state index in [1.165, 1.54) is 11.8 Å². The molecule has 122 valence electrons. The second-order valence-electron chi connectivity index (χ2n) is 6.00. The van der Waals surface area contributed by atoms with Crippen molar-refractivity contribution < 1.29 is 4.79 Å². The third kappa shape index (κ3) is 2.75. The summed E-state index contributed by atoms with van der Waals surface area (Å²) < 4.78 is 2.05. The zero-order valence-corrected chi connectivity index (χ0v) is 14.8. The maximum Gasteiger partial charge on any atom is 0.169 e. The molecule has 3 rings (SSSR count). The molecule has 1 aliphatic rings. The van der Waals surface area contributed by atoms with Gasteiger partial charge in [-0.15, -0.1) is 0 Å². The van der Waals surface area contributed by atoms with E-state index in [0.29, 0.717) is 23.3 Å². The van der Waals surface area contributed by atoms with E-state index >= 15 is 0 Å². The van der Waals surface area contributed by atoms with E-state index in [-0.39, 0.29) is 16.6 Å². The number of allylic oxidation sites excluding steroid dienone is 1. The van der Waals surface area contributed by atoms with Gasteiger partial charge in [0.1, 0.15) is 5.69 Å². The van der Waals surface area contributed by atoms with Crippen molar-refractivity contribution in [2.24, 2.45) is 7.05 Å². The molecule has 0 spiro atoms. The number of nitrogens with zero attached hydrogens (tertiary/aromatic N) is 3. The van der Waals surface area contributed by atoms with Crippen molar-refractivity contribution in [3.8, 4) is 6.07 Å². The molecule has 0 saturated carbocycles. The van der Waals surface area contributed by atoms with Crippen molar-refractivity contribution >= 4 is 35.6 Å². The third-order valence-electron chi connectivity index (χ3n) is 4.49. The van der Waals surface area contributed by atoms with Crippen LogP contribution in [0, 0.1) is 11.3 Å². The summed E-state index contributed by atoms with van der Waals surface area (Å²) in [7, 11) is 1.96. The number of fused-ring (bicyclic) bond motifs is 1. The van der Waals surface area contributed by atoms with Crippen LogP contribution >= 0.6 is 23.2 Å². The molecule has 4 nitrogen and oxygen atoms in total. The highest BCUT2D eigenvalue weighted by Gasteiger charge is 2.23. The Morgan fingerprint density at radius 1 is 1.50 bits per heavy atom. The van der Waals surface area contributed by atoms with Gasteiger partial charge in [0.2, 0.25) is 0 Å². The van der Waals surface area contributed by atoms with Crippen LogP contribution < -0.4 is 0 Å². The van der Waals surface area contributed by atoms with Gasteiger partial charge in [-0.25, -0.2) is 0 Å². The molecule has 0 bridgehead atoms. The molecule has 0 fully saturated rings. The van der Waals surface area contributed by atoms with Gasteiger partial charge in [0, 0.05) is 36.6 Å². The number of aldehydes is 1. The number of carbonyl (C=O) groups is 1. The molecule has 2 aromatic rings. The Bertz CT molecular complexity index is 906. The summed E-state index contributed by atoms with van der Waals surface area (Å²) in [6, 6.07) is 4.38. The smallest absolute Gasteiger partial charge is 0.169 e. The number of hydrogen-bond donors (Lipinski definition) is 0. The second-order valence-corrected chi connectivity index (χ2v) is 6.79.